The number of carbonyl (C=O) groups excluding carboxylic acids is 2. The highest BCUT2D eigenvalue weighted by molar-refractivity contribution is 8.18. The van der Waals surface area contributed by atoms with Crippen molar-refractivity contribution in [1.82, 2.24) is 25.6 Å². The standard InChI is InChI=1S/C27H26N6O4S/c34-25-23(38-27(35)32-25)13-20-5-9-30-26(31-20)33-10-6-17(7-11-33)14-28-15-19-2-1-8-29-24(19)18-3-4-21-22(12-18)37-16-36-21/h1-5,8-9,12-13,17,28H,6-7,10-11,14-16H2,(H,32,34,35)/b23-13+. The van der Waals surface area contributed by atoms with Crippen molar-refractivity contribution in [1.29, 1.82) is 0 Å². The van der Waals surface area contributed by atoms with E-state index in [1.807, 2.05) is 30.5 Å². The van der Waals surface area contributed by atoms with E-state index in [0.29, 0.717) is 22.5 Å². The Morgan fingerprint density at radius 1 is 1.08 bits per heavy atom. The van der Waals surface area contributed by atoms with Crippen molar-refractivity contribution in [2.24, 2.45) is 5.92 Å². The molecule has 6 rings (SSSR count). The van der Waals surface area contributed by atoms with Gasteiger partial charge in [0.1, 0.15) is 0 Å². The highest BCUT2D eigenvalue weighted by atomic mass is 32.2. The number of ether oxygens (including phenoxy) is 2. The maximum absolute atomic E-state index is 11.8. The topological polar surface area (TPSA) is 119 Å². The van der Waals surface area contributed by atoms with Gasteiger partial charge >= 0.3 is 0 Å². The molecular formula is C27H26N6O4S. The first kappa shape index (κ1) is 24.4. The summed E-state index contributed by atoms with van der Waals surface area (Å²) in [6.07, 6.45) is 7.18. The lowest BCUT2D eigenvalue weighted by Gasteiger charge is -2.32. The smallest absolute Gasteiger partial charge is 0.290 e. The van der Waals surface area contributed by atoms with Crippen LogP contribution in [-0.4, -0.2) is 52.5 Å². The molecule has 194 valence electrons. The number of pyridine rings is 1. The van der Waals surface area contributed by atoms with Crippen LogP contribution in [0.1, 0.15) is 24.1 Å². The van der Waals surface area contributed by atoms with Crippen LogP contribution in [0.15, 0.2) is 53.7 Å². The van der Waals surface area contributed by atoms with Crippen molar-refractivity contribution >= 4 is 34.9 Å². The molecule has 38 heavy (non-hydrogen) atoms. The van der Waals surface area contributed by atoms with Crippen molar-refractivity contribution < 1.29 is 19.1 Å². The summed E-state index contributed by atoms with van der Waals surface area (Å²) in [5.41, 5.74) is 3.70. The van der Waals surface area contributed by atoms with E-state index >= 15 is 0 Å². The van der Waals surface area contributed by atoms with Crippen molar-refractivity contribution in [2.45, 2.75) is 19.4 Å². The first-order valence-corrected chi connectivity index (χ1v) is 13.3. The molecule has 2 aromatic heterocycles. The normalized spacial score (nSPS) is 18.3. The monoisotopic (exact) mass is 530 g/mol. The van der Waals surface area contributed by atoms with Gasteiger partial charge in [0.15, 0.2) is 11.5 Å². The molecule has 0 radical (unpaired) electrons. The molecule has 2 saturated heterocycles. The molecule has 3 aromatic rings. The molecule has 3 aliphatic heterocycles. The van der Waals surface area contributed by atoms with Crippen molar-refractivity contribution in [2.75, 3.05) is 31.3 Å². The number of anilines is 1. The minimum absolute atomic E-state index is 0.254. The predicted molar refractivity (Wildman–Crippen MR) is 144 cm³/mol. The van der Waals surface area contributed by atoms with E-state index in [4.69, 9.17) is 9.47 Å². The molecule has 0 aliphatic carbocycles. The first-order chi connectivity index (χ1) is 18.6. The van der Waals surface area contributed by atoms with Gasteiger partial charge in [0.05, 0.1) is 16.3 Å². The number of fused-ring (bicyclic) bond motifs is 1. The third-order valence-corrected chi connectivity index (χ3v) is 7.58. The zero-order chi connectivity index (χ0) is 25.9. The van der Waals surface area contributed by atoms with Crippen molar-refractivity contribution in [3.8, 4) is 22.8 Å². The molecule has 2 amide bonds. The molecule has 2 fully saturated rings. The molecule has 5 heterocycles. The third kappa shape index (κ3) is 5.34. The summed E-state index contributed by atoms with van der Waals surface area (Å²) < 4.78 is 11.0. The first-order valence-electron chi connectivity index (χ1n) is 12.5. The summed E-state index contributed by atoms with van der Waals surface area (Å²) in [5.74, 6) is 2.32. The Morgan fingerprint density at radius 2 is 1.95 bits per heavy atom. The Bertz CT molecular complexity index is 1410. The van der Waals surface area contributed by atoms with E-state index < -0.39 is 0 Å². The Morgan fingerprint density at radius 3 is 2.79 bits per heavy atom. The number of nitrogens with one attached hydrogen (secondary N) is 2. The second kappa shape index (κ2) is 10.8. The molecule has 0 spiro atoms. The van der Waals surface area contributed by atoms with Gasteiger partial charge < -0.3 is 19.7 Å². The average molecular weight is 531 g/mol. The number of carbonyl (C=O) groups is 2. The Kier molecular flexibility index (Phi) is 6.93. The van der Waals surface area contributed by atoms with Crippen LogP contribution in [-0.2, 0) is 11.3 Å². The lowest BCUT2D eigenvalue weighted by molar-refractivity contribution is -0.115. The quantitative estimate of drug-likeness (QED) is 0.439. The van der Waals surface area contributed by atoms with Crippen LogP contribution in [0, 0.1) is 5.92 Å². The minimum atomic E-state index is -0.386. The molecule has 1 aromatic carbocycles. The van der Waals surface area contributed by atoms with E-state index in [9.17, 15) is 9.59 Å². The van der Waals surface area contributed by atoms with Crippen LogP contribution < -0.4 is 25.0 Å². The second-order valence-electron chi connectivity index (χ2n) is 9.27. The molecule has 10 nitrogen and oxygen atoms in total. The van der Waals surface area contributed by atoms with Gasteiger partial charge in [-0.25, -0.2) is 9.97 Å². The zero-order valence-corrected chi connectivity index (χ0v) is 21.4. The highest BCUT2D eigenvalue weighted by Gasteiger charge is 2.26. The Balaban J connectivity index is 1.03. The summed E-state index contributed by atoms with van der Waals surface area (Å²) in [4.78, 5) is 39.4. The van der Waals surface area contributed by atoms with E-state index in [2.05, 4.69) is 36.6 Å². The number of hydrogen-bond acceptors (Lipinski definition) is 10. The number of imide groups is 1. The van der Waals surface area contributed by atoms with Crippen LogP contribution in [0.3, 0.4) is 0 Å². The number of piperidine rings is 1. The molecular weight excluding hydrogens is 504 g/mol. The van der Waals surface area contributed by atoms with Gasteiger partial charge in [-0.2, -0.15) is 0 Å². The minimum Gasteiger partial charge on any atom is -0.454 e. The fourth-order valence-corrected chi connectivity index (χ4v) is 5.45. The van der Waals surface area contributed by atoms with Gasteiger partial charge in [-0.1, -0.05) is 6.07 Å². The van der Waals surface area contributed by atoms with E-state index in [1.54, 1.807) is 18.3 Å². The maximum Gasteiger partial charge on any atom is 0.290 e. The van der Waals surface area contributed by atoms with Crippen LogP contribution in [0.25, 0.3) is 17.3 Å². The van der Waals surface area contributed by atoms with Crippen molar-refractivity contribution in [3.05, 3.63) is 65.0 Å². The van der Waals surface area contributed by atoms with Crippen LogP contribution in [0.4, 0.5) is 10.7 Å². The number of amides is 2. The second-order valence-corrected chi connectivity index (χ2v) is 10.3. The maximum atomic E-state index is 11.8. The Hall–Kier alpha value is -3.96. The summed E-state index contributed by atoms with van der Waals surface area (Å²) in [6.45, 7) is 3.61. The van der Waals surface area contributed by atoms with Gasteiger partial charge in [-0.15, -0.1) is 0 Å². The Labute approximate surface area is 223 Å². The summed E-state index contributed by atoms with van der Waals surface area (Å²) in [5, 5.41) is 5.52. The lowest BCUT2D eigenvalue weighted by atomic mass is 9.96. The fraction of sp³-hybridized carbons (Fsp3) is 0.296. The SMILES string of the molecule is O=C1NC(=O)/C(=C\c2ccnc(N3CCC(CNCc4cccnc4-c4ccc5c(c4)OCO5)CC3)n2)S1. The molecule has 0 bridgehead atoms. The van der Waals surface area contributed by atoms with Gasteiger partial charge in [0, 0.05) is 37.6 Å². The lowest BCUT2D eigenvalue weighted by Crippen LogP contribution is -2.38. The largest absolute Gasteiger partial charge is 0.454 e. The number of rotatable bonds is 7. The molecule has 0 atom stereocenters. The number of benzene rings is 1. The number of nitrogens with zero attached hydrogens (tertiary/aromatic N) is 4. The summed E-state index contributed by atoms with van der Waals surface area (Å²) >= 11 is 0.886. The third-order valence-electron chi connectivity index (χ3n) is 6.77. The van der Waals surface area contributed by atoms with Gasteiger partial charge in [0.25, 0.3) is 11.1 Å². The zero-order valence-electron chi connectivity index (χ0n) is 20.6. The molecule has 3 aliphatic rings. The van der Waals surface area contributed by atoms with Crippen LogP contribution >= 0.6 is 11.8 Å². The van der Waals surface area contributed by atoms with Crippen LogP contribution in [0.2, 0.25) is 0 Å². The number of aromatic nitrogens is 3. The van der Waals surface area contributed by atoms with E-state index in [-0.39, 0.29) is 17.9 Å². The summed E-state index contributed by atoms with van der Waals surface area (Å²) in [7, 11) is 0. The van der Waals surface area contributed by atoms with E-state index in [0.717, 1.165) is 79.1 Å². The summed E-state index contributed by atoms with van der Waals surface area (Å²) in [6, 6.07) is 11.7. The van der Waals surface area contributed by atoms with Crippen LogP contribution in [0.5, 0.6) is 11.5 Å². The number of hydrogen-bond donors (Lipinski definition) is 2. The van der Waals surface area contributed by atoms with Gasteiger partial charge in [0.2, 0.25) is 12.7 Å². The van der Waals surface area contributed by atoms with Gasteiger partial charge in [-0.3, -0.25) is 19.9 Å². The average Bonchev–Trinajstić information content (AvgIpc) is 3.54. The fourth-order valence-electron chi connectivity index (χ4n) is 4.78. The highest BCUT2D eigenvalue weighted by Crippen LogP contribution is 2.36. The number of thioether (sulfide) groups is 1. The molecule has 11 heteroatoms. The van der Waals surface area contributed by atoms with Crippen molar-refractivity contribution in [3.63, 3.8) is 0 Å². The van der Waals surface area contributed by atoms with E-state index in [1.165, 1.54) is 0 Å². The predicted octanol–water partition coefficient (Wildman–Crippen LogP) is 3.60. The van der Waals surface area contributed by atoms with Gasteiger partial charge in [-0.05, 0) is 79.0 Å². The molecule has 2 N–H and O–H groups in total. The molecule has 0 saturated carbocycles. The molecule has 0 unspecified atom stereocenters.